The summed E-state index contributed by atoms with van der Waals surface area (Å²) >= 11 is 0. The number of fused-ring (bicyclic) bond motifs is 3. The van der Waals surface area contributed by atoms with Crippen molar-refractivity contribution >= 4 is 43.0 Å². The molecule has 0 radical (unpaired) electrons. The molecule has 0 saturated heterocycles. The molecule has 0 aliphatic heterocycles. The zero-order chi connectivity index (χ0) is 49.5. The highest BCUT2D eigenvalue weighted by Crippen LogP contribution is 2.43. The summed E-state index contributed by atoms with van der Waals surface area (Å²) < 4.78 is 37.7. The molecule has 0 N–H and O–H groups in total. The van der Waals surface area contributed by atoms with Crippen molar-refractivity contribution in [2.75, 3.05) is 19.8 Å². The molecule has 0 atom stereocenters. The summed E-state index contributed by atoms with van der Waals surface area (Å²) in [6.07, 6.45) is 5.87. The van der Waals surface area contributed by atoms with Crippen LogP contribution in [0.2, 0.25) is 52.9 Å². The van der Waals surface area contributed by atoms with E-state index in [-0.39, 0.29) is 16.0 Å². The van der Waals surface area contributed by atoms with Gasteiger partial charge in [-0.1, -0.05) is 107 Å². The third-order valence-electron chi connectivity index (χ3n) is 14.7. The lowest BCUT2D eigenvalue weighted by Crippen LogP contribution is -2.50. The van der Waals surface area contributed by atoms with Crippen molar-refractivity contribution in [1.82, 2.24) is 0 Å². The predicted molar refractivity (Wildman–Crippen MR) is 283 cm³/mol. The summed E-state index contributed by atoms with van der Waals surface area (Å²) in [5.41, 5.74) is 7.60. The summed E-state index contributed by atoms with van der Waals surface area (Å²) in [5.74, 6) is 1.64. The van der Waals surface area contributed by atoms with Gasteiger partial charge in [0.1, 0.15) is 23.0 Å². The summed E-state index contributed by atoms with van der Waals surface area (Å²) in [4.78, 5) is 25.8. The fraction of sp³-hybridized carbons (Fsp3) is 0.500. The first-order chi connectivity index (χ1) is 31.2. The molecule has 5 rings (SSSR count). The lowest BCUT2D eigenvalue weighted by atomic mass is 9.84. The van der Waals surface area contributed by atoms with Gasteiger partial charge in [-0.2, -0.15) is 0 Å². The third-order valence-corrected chi connectivity index (χ3v) is 29.7. The molecule has 67 heavy (non-hydrogen) atoms. The highest BCUT2D eigenvalue weighted by molar-refractivity contribution is 6.78. The predicted octanol–water partition coefficient (Wildman–Crippen LogP) is 15.3. The van der Waals surface area contributed by atoms with Crippen LogP contribution in [-0.4, -0.2) is 56.7 Å². The highest BCUT2D eigenvalue weighted by Gasteiger charge is 2.47. The van der Waals surface area contributed by atoms with Crippen LogP contribution in [0.3, 0.4) is 0 Å². The molecule has 11 heteroatoms. The first kappa shape index (κ1) is 53.7. The average Bonchev–Trinajstić information content (AvgIpc) is 3.25. The maximum Gasteiger partial charge on any atom is 0.343 e. The average molecular weight is 966 g/mol. The molecule has 8 nitrogen and oxygen atoms in total. The zero-order valence-electron chi connectivity index (χ0n) is 43.6. The van der Waals surface area contributed by atoms with Gasteiger partial charge in [-0.05, 0) is 167 Å². The number of rotatable bonds is 20. The van der Waals surface area contributed by atoms with Gasteiger partial charge in [-0.25, -0.2) is 9.59 Å². The number of carbonyl (C=O) groups is 2. The molecule has 1 aliphatic rings. The molecule has 4 aromatic carbocycles. The Hall–Kier alpha value is -4.27. The highest BCUT2D eigenvalue weighted by atomic mass is 28.4. The van der Waals surface area contributed by atoms with Crippen LogP contribution >= 0.6 is 0 Å². The molecule has 0 heterocycles. The SMILES string of the molecule is CC(C)[Si](Oc1ccc(C(=O)Oc2ccc(OC(=O)/C=C/c3ccc4c(c3)CCc3cc(OCCC(CO[Si](C)(C)C(C)(C)C)CO[Si](C)(C)C(C)(C)C)ccc3-4)cc2)cc1)(C(C)C)C(C)C. The number of benzene rings is 4. The summed E-state index contributed by atoms with van der Waals surface area (Å²) in [6, 6.07) is 26.4. The molecule has 0 unspecified atom stereocenters. The van der Waals surface area contributed by atoms with E-state index >= 15 is 0 Å². The Morgan fingerprint density at radius 3 is 1.57 bits per heavy atom. The standard InChI is InChI=1S/C56H80O8Si3/c1-39(2)67(40(3)4,41(5)6)64-49-23-21-44(22-24-49)54(58)63-48-27-25-47(26-28-48)62-53(57)32-18-42-17-30-51-45(35-42)19-20-46-36-50(29-31-52(46)51)59-34-33-43(37-60-65(13,14)55(7,8)9)38-61-66(15,16)56(10,11)12/h17-18,21-32,35-36,39-41,43H,19-20,33-34,37-38H2,1-16H3/b32-18+. The Morgan fingerprint density at radius 2 is 1.06 bits per heavy atom. The molecule has 0 fully saturated rings. The minimum atomic E-state index is -2.11. The molecule has 0 spiro atoms. The van der Waals surface area contributed by atoms with E-state index in [1.807, 2.05) is 18.2 Å². The van der Waals surface area contributed by atoms with E-state index in [9.17, 15) is 9.59 Å². The Balaban J connectivity index is 1.13. The van der Waals surface area contributed by atoms with Gasteiger partial charge in [-0.15, -0.1) is 0 Å². The van der Waals surface area contributed by atoms with Crippen LogP contribution in [0.25, 0.3) is 17.2 Å². The minimum Gasteiger partial charge on any atom is -0.543 e. The molecule has 364 valence electrons. The number of carbonyl (C=O) groups excluding carboxylic acids is 2. The van der Waals surface area contributed by atoms with Crippen molar-refractivity contribution in [2.24, 2.45) is 5.92 Å². The van der Waals surface area contributed by atoms with Gasteiger partial charge in [0, 0.05) is 25.2 Å². The lowest BCUT2D eigenvalue weighted by molar-refractivity contribution is -0.128. The monoisotopic (exact) mass is 965 g/mol. The van der Waals surface area contributed by atoms with E-state index in [1.54, 1.807) is 42.5 Å². The largest absolute Gasteiger partial charge is 0.543 e. The van der Waals surface area contributed by atoms with Crippen LogP contribution in [0, 0.1) is 5.92 Å². The van der Waals surface area contributed by atoms with Gasteiger partial charge in [-0.3, -0.25) is 0 Å². The van der Waals surface area contributed by atoms with Crippen molar-refractivity contribution in [3.05, 3.63) is 113 Å². The van der Waals surface area contributed by atoms with Gasteiger partial charge < -0.3 is 27.5 Å². The van der Waals surface area contributed by atoms with Crippen molar-refractivity contribution in [3.63, 3.8) is 0 Å². The maximum absolute atomic E-state index is 13.0. The Labute approximate surface area is 406 Å². The second-order valence-electron chi connectivity index (χ2n) is 22.4. The van der Waals surface area contributed by atoms with Crippen LogP contribution in [0.4, 0.5) is 0 Å². The van der Waals surface area contributed by atoms with Crippen LogP contribution in [0.5, 0.6) is 23.0 Å². The van der Waals surface area contributed by atoms with Crippen molar-refractivity contribution in [1.29, 1.82) is 0 Å². The van der Waals surface area contributed by atoms with E-state index in [0.717, 1.165) is 36.3 Å². The van der Waals surface area contributed by atoms with Crippen LogP contribution < -0.4 is 18.6 Å². The van der Waals surface area contributed by atoms with Gasteiger partial charge in [0.05, 0.1) is 12.2 Å². The third kappa shape index (κ3) is 13.7. The fourth-order valence-electron chi connectivity index (χ4n) is 8.50. The van der Waals surface area contributed by atoms with Crippen LogP contribution in [0.1, 0.15) is 117 Å². The van der Waals surface area contributed by atoms with E-state index in [4.69, 9.17) is 27.5 Å². The van der Waals surface area contributed by atoms with E-state index in [0.29, 0.717) is 53.5 Å². The fourth-order valence-corrected chi connectivity index (χ4v) is 15.9. The van der Waals surface area contributed by atoms with Crippen LogP contribution in [0.15, 0.2) is 91.0 Å². The Kier molecular flexibility index (Phi) is 17.6. The van der Waals surface area contributed by atoms with Gasteiger partial charge in [0.25, 0.3) is 8.32 Å². The number of esters is 2. The summed E-state index contributed by atoms with van der Waals surface area (Å²) in [7, 11) is -5.92. The number of hydrogen-bond donors (Lipinski definition) is 0. The summed E-state index contributed by atoms with van der Waals surface area (Å²) in [5, 5.41) is 0.299. The molecular weight excluding hydrogens is 885 g/mol. The molecule has 0 saturated carbocycles. The second kappa shape index (κ2) is 22.0. The topological polar surface area (TPSA) is 89.5 Å². The Morgan fingerprint density at radius 1 is 0.597 bits per heavy atom. The van der Waals surface area contributed by atoms with E-state index in [2.05, 4.69) is 140 Å². The zero-order valence-corrected chi connectivity index (χ0v) is 46.6. The lowest BCUT2D eigenvalue weighted by Gasteiger charge is -2.42. The quantitative estimate of drug-likeness (QED) is 0.0374. The molecule has 0 bridgehead atoms. The van der Waals surface area contributed by atoms with E-state index in [1.165, 1.54) is 28.3 Å². The number of ether oxygens (including phenoxy) is 3. The van der Waals surface area contributed by atoms with E-state index < -0.39 is 36.9 Å². The molecule has 4 aromatic rings. The first-order valence-electron chi connectivity index (χ1n) is 24.4. The van der Waals surface area contributed by atoms with Gasteiger partial charge >= 0.3 is 11.9 Å². The van der Waals surface area contributed by atoms with Crippen LogP contribution in [-0.2, 0) is 26.5 Å². The molecule has 0 amide bonds. The van der Waals surface area contributed by atoms with Crippen molar-refractivity contribution in [3.8, 4) is 34.1 Å². The van der Waals surface area contributed by atoms with Crippen molar-refractivity contribution < 1.29 is 37.1 Å². The maximum atomic E-state index is 13.0. The summed E-state index contributed by atoms with van der Waals surface area (Å²) in [6.45, 7) is 38.4. The van der Waals surface area contributed by atoms with Gasteiger partial charge in [0.15, 0.2) is 16.6 Å². The normalized spacial score (nSPS) is 13.6. The smallest absolute Gasteiger partial charge is 0.343 e. The molecular formula is C56H80O8Si3. The minimum absolute atomic E-state index is 0.149. The number of hydrogen-bond acceptors (Lipinski definition) is 8. The molecule has 0 aromatic heterocycles. The van der Waals surface area contributed by atoms with Crippen molar-refractivity contribution in [2.45, 2.75) is 155 Å². The molecule has 1 aliphatic carbocycles. The second-order valence-corrected chi connectivity index (χ2v) is 37.4. The number of aryl methyl sites for hydroxylation is 2. The van der Waals surface area contributed by atoms with Gasteiger partial charge in [0.2, 0.25) is 0 Å². The Bertz CT molecular complexity index is 2260. The first-order valence-corrected chi connectivity index (χ1v) is 32.4.